The Balaban J connectivity index is 2.75. The van der Waals surface area contributed by atoms with E-state index in [1.807, 2.05) is 23.6 Å². The number of carbonyl (C=O) groups excluding carboxylic acids is 1. The first-order chi connectivity index (χ1) is 5.74. The fourth-order valence-electron chi connectivity index (χ4n) is 0.721. The van der Waals surface area contributed by atoms with Crippen molar-refractivity contribution in [3.8, 4) is 0 Å². The van der Waals surface area contributed by atoms with Crippen molar-refractivity contribution in [1.29, 1.82) is 0 Å². The average molecular weight is 230 g/mol. The summed E-state index contributed by atoms with van der Waals surface area (Å²) < 4.78 is 0.814. The molecule has 0 saturated heterocycles. The minimum absolute atomic E-state index is 0.443. The number of nitrogens with two attached hydrogens (primary N) is 1. The molecule has 0 radical (unpaired) electrons. The van der Waals surface area contributed by atoms with E-state index < -0.39 is 6.03 Å². The van der Waals surface area contributed by atoms with Crippen molar-refractivity contribution in [1.82, 2.24) is 5.43 Å². The minimum Gasteiger partial charge on any atom is -0.306 e. The largest absolute Gasteiger partial charge is 0.333 e. The van der Waals surface area contributed by atoms with Crippen LogP contribution in [0.5, 0.6) is 0 Å². The van der Waals surface area contributed by atoms with E-state index in [-0.39, 0.29) is 0 Å². The predicted octanol–water partition coefficient (Wildman–Crippen LogP) is 1.44. The Morgan fingerprint density at radius 2 is 2.08 bits per heavy atom. The summed E-state index contributed by atoms with van der Waals surface area (Å²) >= 11 is 3.27. The molecule has 4 N–H and O–H groups in total. The van der Waals surface area contributed by atoms with Gasteiger partial charge in [-0.15, -0.1) is 0 Å². The number of hydrazine groups is 1. The summed E-state index contributed by atoms with van der Waals surface area (Å²) in [6.45, 7) is 0. The molecule has 0 unspecified atom stereocenters. The van der Waals surface area contributed by atoms with E-state index in [1.54, 1.807) is 6.07 Å². The van der Waals surface area contributed by atoms with Crippen molar-refractivity contribution in [2.75, 3.05) is 5.32 Å². The highest BCUT2D eigenvalue weighted by Crippen LogP contribution is 2.20. The third-order valence-electron chi connectivity index (χ3n) is 1.25. The number of halogens is 1. The SMILES string of the molecule is NNC(=O)Nc1ccccc1Br. The first-order valence-corrected chi connectivity index (χ1v) is 4.05. The van der Waals surface area contributed by atoms with Crippen LogP contribution in [0.2, 0.25) is 0 Å². The van der Waals surface area contributed by atoms with E-state index in [0.717, 1.165) is 4.47 Å². The van der Waals surface area contributed by atoms with E-state index in [9.17, 15) is 4.79 Å². The molecule has 0 spiro atoms. The Labute approximate surface area is 78.2 Å². The molecule has 0 aliphatic carbocycles. The van der Waals surface area contributed by atoms with E-state index in [0.29, 0.717) is 5.69 Å². The summed E-state index contributed by atoms with van der Waals surface area (Å²) in [6.07, 6.45) is 0. The molecule has 0 aliphatic heterocycles. The Morgan fingerprint density at radius 1 is 1.42 bits per heavy atom. The molecule has 64 valence electrons. The highest BCUT2D eigenvalue weighted by Gasteiger charge is 2.00. The number of hydrogen-bond donors (Lipinski definition) is 3. The molecule has 12 heavy (non-hydrogen) atoms. The number of nitrogens with one attached hydrogen (secondary N) is 2. The van der Waals surface area contributed by atoms with Gasteiger partial charge in [0.05, 0.1) is 5.69 Å². The number of amides is 2. The van der Waals surface area contributed by atoms with Crippen molar-refractivity contribution >= 4 is 27.6 Å². The number of anilines is 1. The van der Waals surface area contributed by atoms with Crippen LogP contribution >= 0.6 is 15.9 Å². The maximum Gasteiger partial charge on any atom is 0.333 e. The monoisotopic (exact) mass is 229 g/mol. The molecule has 1 aromatic rings. The highest BCUT2D eigenvalue weighted by atomic mass is 79.9. The van der Waals surface area contributed by atoms with Crippen LogP contribution in [0.4, 0.5) is 10.5 Å². The van der Waals surface area contributed by atoms with Crippen LogP contribution in [-0.2, 0) is 0 Å². The second-order valence-electron chi connectivity index (χ2n) is 2.08. The number of rotatable bonds is 1. The van der Waals surface area contributed by atoms with Crippen LogP contribution in [0.1, 0.15) is 0 Å². The smallest absolute Gasteiger partial charge is 0.306 e. The number of hydrogen-bond acceptors (Lipinski definition) is 2. The molecule has 0 saturated carbocycles. The van der Waals surface area contributed by atoms with Gasteiger partial charge in [-0.05, 0) is 28.1 Å². The summed E-state index contributed by atoms with van der Waals surface area (Å²) in [5.41, 5.74) is 2.65. The predicted molar refractivity (Wildman–Crippen MR) is 50.5 cm³/mol. The van der Waals surface area contributed by atoms with Crippen molar-refractivity contribution in [3.05, 3.63) is 28.7 Å². The molecule has 2 amide bonds. The van der Waals surface area contributed by atoms with Crippen LogP contribution in [0.25, 0.3) is 0 Å². The van der Waals surface area contributed by atoms with Gasteiger partial charge in [0, 0.05) is 4.47 Å². The Kier molecular flexibility index (Phi) is 3.07. The minimum atomic E-state index is -0.443. The molecule has 1 rings (SSSR count). The van der Waals surface area contributed by atoms with Crippen LogP contribution in [0.3, 0.4) is 0 Å². The zero-order valence-electron chi connectivity index (χ0n) is 6.17. The number of urea groups is 1. The van der Waals surface area contributed by atoms with Crippen LogP contribution in [0, 0.1) is 0 Å². The number of carbonyl (C=O) groups is 1. The zero-order chi connectivity index (χ0) is 8.97. The molecule has 4 nitrogen and oxygen atoms in total. The van der Waals surface area contributed by atoms with Gasteiger partial charge in [0.2, 0.25) is 0 Å². The molecule has 0 fully saturated rings. The lowest BCUT2D eigenvalue weighted by Crippen LogP contribution is -2.34. The van der Waals surface area contributed by atoms with Gasteiger partial charge in [-0.3, -0.25) is 5.43 Å². The van der Waals surface area contributed by atoms with Crippen molar-refractivity contribution < 1.29 is 4.79 Å². The molecular weight excluding hydrogens is 222 g/mol. The maximum absolute atomic E-state index is 10.8. The molecule has 1 aromatic carbocycles. The van der Waals surface area contributed by atoms with Gasteiger partial charge in [-0.1, -0.05) is 12.1 Å². The first kappa shape index (κ1) is 9.02. The third-order valence-corrected chi connectivity index (χ3v) is 1.94. The molecule has 0 bridgehead atoms. The van der Waals surface area contributed by atoms with Gasteiger partial charge in [-0.25, -0.2) is 10.6 Å². The van der Waals surface area contributed by atoms with Gasteiger partial charge in [0.25, 0.3) is 0 Å². The lowest BCUT2D eigenvalue weighted by molar-refractivity contribution is 0.252. The molecular formula is C7H8BrN3O. The summed E-state index contributed by atoms with van der Waals surface area (Å²) in [4.78, 5) is 10.8. The van der Waals surface area contributed by atoms with Gasteiger partial charge < -0.3 is 5.32 Å². The fraction of sp³-hybridized carbons (Fsp3) is 0. The van der Waals surface area contributed by atoms with Crippen molar-refractivity contribution in [2.45, 2.75) is 0 Å². The second kappa shape index (κ2) is 4.08. The summed E-state index contributed by atoms with van der Waals surface area (Å²) in [6, 6.07) is 6.82. The molecule has 0 heterocycles. The second-order valence-corrected chi connectivity index (χ2v) is 2.93. The quantitative estimate of drug-likeness (QED) is 0.388. The van der Waals surface area contributed by atoms with Gasteiger partial charge in [-0.2, -0.15) is 0 Å². The molecule has 0 aliphatic rings. The molecule has 0 aromatic heterocycles. The van der Waals surface area contributed by atoms with Gasteiger partial charge >= 0.3 is 6.03 Å². The van der Waals surface area contributed by atoms with Crippen LogP contribution in [0.15, 0.2) is 28.7 Å². The first-order valence-electron chi connectivity index (χ1n) is 3.26. The summed E-state index contributed by atoms with van der Waals surface area (Å²) in [5, 5.41) is 2.54. The normalized spacial score (nSPS) is 9.17. The Bertz CT molecular complexity index is 290. The third kappa shape index (κ3) is 2.21. The summed E-state index contributed by atoms with van der Waals surface area (Å²) in [7, 11) is 0. The van der Waals surface area contributed by atoms with Crippen LogP contribution < -0.4 is 16.6 Å². The number of para-hydroxylation sites is 1. The van der Waals surface area contributed by atoms with Crippen molar-refractivity contribution in [3.63, 3.8) is 0 Å². The maximum atomic E-state index is 10.8. The Morgan fingerprint density at radius 3 is 2.67 bits per heavy atom. The standard InChI is InChI=1S/C7H8BrN3O/c8-5-3-1-2-4-6(5)10-7(12)11-9/h1-4H,9H2,(H2,10,11,12). The molecule has 0 atom stereocenters. The highest BCUT2D eigenvalue weighted by molar-refractivity contribution is 9.10. The van der Waals surface area contributed by atoms with Crippen LogP contribution in [-0.4, -0.2) is 6.03 Å². The topological polar surface area (TPSA) is 67.1 Å². The van der Waals surface area contributed by atoms with Gasteiger partial charge in [0.1, 0.15) is 0 Å². The lowest BCUT2D eigenvalue weighted by Gasteiger charge is -2.04. The molecule has 5 heteroatoms. The van der Waals surface area contributed by atoms with Crippen molar-refractivity contribution in [2.24, 2.45) is 5.84 Å². The summed E-state index contributed by atoms with van der Waals surface area (Å²) in [5.74, 6) is 4.89. The van der Waals surface area contributed by atoms with E-state index in [1.165, 1.54) is 0 Å². The van der Waals surface area contributed by atoms with E-state index in [4.69, 9.17) is 5.84 Å². The van der Waals surface area contributed by atoms with E-state index >= 15 is 0 Å². The lowest BCUT2D eigenvalue weighted by atomic mass is 10.3. The van der Waals surface area contributed by atoms with E-state index in [2.05, 4.69) is 21.2 Å². The van der Waals surface area contributed by atoms with Gasteiger partial charge in [0.15, 0.2) is 0 Å². The zero-order valence-corrected chi connectivity index (χ0v) is 7.76. The number of benzene rings is 1. The average Bonchev–Trinajstić information content (AvgIpc) is 2.09. The Hall–Kier alpha value is -1.07. The fourth-order valence-corrected chi connectivity index (χ4v) is 1.10.